The van der Waals surface area contributed by atoms with Gasteiger partial charge in [-0.05, 0) is 57.3 Å². The summed E-state index contributed by atoms with van der Waals surface area (Å²) in [6.45, 7) is 0. The highest BCUT2D eigenvalue weighted by Gasteiger charge is 2.10. The minimum atomic E-state index is -0.365. The van der Waals surface area contributed by atoms with Gasteiger partial charge < -0.3 is 4.74 Å². The Morgan fingerprint density at radius 2 is 2.08 bits per heavy atom. The lowest BCUT2D eigenvalue weighted by molar-refractivity contribution is 0.0600. The zero-order valence-electron chi connectivity index (χ0n) is 6.61. The second kappa shape index (κ2) is 4.79. The third-order valence-corrected chi connectivity index (χ3v) is 5.07. The maximum absolute atomic E-state index is 11.1. The number of rotatable bonds is 1. The fraction of sp³-hybridized carbons (Fsp3) is 0.125. The van der Waals surface area contributed by atoms with Crippen LogP contribution in [0.1, 0.15) is 10.4 Å². The average molecular weight is 422 g/mol. The number of hydrogen-bond acceptors (Lipinski definition) is 2. The third-order valence-electron chi connectivity index (χ3n) is 1.40. The maximum Gasteiger partial charge on any atom is 0.337 e. The van der Waals surface area contributed by atoms with E-state index in [0.29, 0.717) is 10.6 Å². The number of hydrogen-bond donors (Lipinski definition) is 0. The van der Waals surface area contributed by atoms with Crippen molar-refractivity contribution in [3.05, 3.63) is 29.9 Å². The Hall–Kier alpha value is 0.440. The predicted octanol–water partition coefficient (Wildman–Crippen LogP) is 3.34. The van der Waals surface area contributed by atoms with Crippen LogP contribution < -0.4 is 0 Å². The molecular weight excluding hydrogens is 417 g/mol. The summed E-state index contributed by atoms with van der Waals surface area (Å²) in [5.74, 6) is -0.365. The first kappa shape index (κ1) is 11.5. The molecule has 0 spiro atoms. The van der Waals surface area contributed by atoms with Crippen LogP contribution in [0.3, 0.4) is 0 Å². The molecule has 0 bridgehead atoms. The van der Waals surface area contributed by atoms with Crippen LogP contribution >= 0.6 is 56.8 Å². The van der Waals surface area contributed by atoms with Crippen molar-refractivity contribution in [2.75, 3.05) is 7.11 Å². The first-order chi connectivity index (χ1) is 6.06. The molecule has 70 valence electrons. The Balaban J connectivity index is 3.20. The molecule has 1 aromatic rings. The zero-order chi connectivity index (χ0) is 10.0. The first-order valence-electron chi connectivity index (χ1n) is 3.29. The summed E-state index contributed by atoms with van der Waals surface area (Å²) in [7, 11) is 1.35. The van der Waals surface area contributed by atoms with E-state index in [-0.39, 0.29) is 5.97 Å². The largest absolute Gasteiger partial charge is 0.465 e. The Bertz CT molecular complexity index is 329. The van der Waals surface area contributed by atoms with E-state index < -0.39 is 0 Å². The van der Waals surface area contributed by atoms with E-state index in [0.717, 1.165) is 7.14 Å². The van der Waals surface area contributed by atoms with E-state index in [1.807, 2.05) is 0 Å². The summed E-state index contributed by atoms with van der Waals surface area (Å²) in [6, 6.07) is 3.36. The summed E-state index contributed by atoms with van der Waals surface area (Å²) >= 11 is 10.2. The fourth-order valence-electron chi connectivity index (χ4n) is 0.791. The molecule has 0 aliphatic heterocycles. The number of carbonyl (C=O) groups excluding carboxylic acids is 1. The van der Waals surface area contributed by atoms with E-state index >= 15 is 0 Å². The van der Waals surface area contributed by atoms with E-state index in [4.69, 9.17) is 11.6 Å². The smallest absolute Gasteiger partial charge is 0.337 e. The molecule has 0 atom stereocenters. The lowest BCUT2D eigenvalue weighted by atomic mass is 10.2. The van der Waals surface area contributed by atoms with Crippen molar-refractivity contribution in [3.63, 3.8) is 0 Å². The van der Waals surface area contributed by atoms with Gasteiger partial charge in [-0.25, -0.2) is 4.79 Å². The van der Waals surface area contributed by atoms with Gasteiger partial charge in [0.05, 0.1) is 17.7 Å². The van der Waals surface area contributed by atoms with Gasteiger partial charge in [0.15, 0.2) is 0 Å². The summed E-state index contributed by atoms with van der Waals surface area (Å²) < 4.78 is 6.48. The molecule has 5 heteroatoms. The second-order valence-electron chi connectivity index (χ2n) is 2.25. The molecule has 0 radical (unpaired) electrons. The van der Waals surface area contributed by atoms with Crippen molar-refractivity contribution >= 4 is 62.8 Å². The molecule has 0 saturated carbocycles. The third kappa shape index (κ3) is 2.69. The summed E-state index contributed by atoms with van der Waals surface area (Å²) in [6.07, 6.45) is 0. The van der Waals surface area contributed by atoms with Gasteiger partial charge in [0, 0.05) is 7.14 Å². The maximum atomic E-state index is 11.1. The molecule has 0 fully saturated rings. The summed E-state index contributed by atoms with van der Waals surface area (Å²) in [5.41, 5.74) is 0.484. The Kier molecular flexibility index (Phi) is 4.24. The number of methoxy groups -OCH3 is 1. The van der Waals surface area contributed by atoms with Gasteiger partial charge in [0.25, 0.3) is 0 Å². The van der Waals surface area contributed by atoms with Gasteiger partial charge in [-0.3, -0.25) is 0 Å². The highest BCUT2D eigenvalue weighted by atomic mass is 127. The molecule has 0 aliphatic rings. The summed E-state index contributed by atoms with van der Waals surface area (Å²) in [5, 5.41) is 0.577. The van der Waals surface area contributed by atoms with Gasteiger partial charge in [-0.15, -0.1) is 0 Å². The molecule has 0 aliphatic carbocycles. The second-order valence-corrected chi connectivity index (χ2v) is 4.89. The predicted molar refractivity (Wildman–Crippen MR) is 68.2 cm³/mol. The lowest BCUT2D eigenvalue weighted by Gasteiger charge is -2.03. The van der Waals surface area contributed by atoms with E-state index in [9.17, 15) is 4.79 Å². The number of ether oxygens (including phenoxy) is 1. The van der Waals surface area contributed by atoms with Crippen molar-refractivity contribution in [1.82, 2.24) is 0 Å². The first-order valence-corrected chi connectivity index (χ1v) is 5.82. The number of carbonyl (C=O) groups is 1. The van der Waals surface area contributed by atoms with E-state index in [2.05, 4.69) is 49.9 Å². The van der Waals surface area contributed by atoms with Crippen LogP contribution in [0.2, 0.25) is 5.02 Å². The SMILES string of the molecule is COC(=O)c1cc(Cl)c(I)c(I)c1. The van der Waals surface area contributed by atoms with Gasteiger partial charge in [0.1, 0.15) is 0 Å². The lowest BCUT2D eigenvalue weighted by Crippen LogP contribution is -2.02. The molecule has 0 aromatic heterocycles. The molecule has 1 aromatic carbocycles. The van der Waals surface area contributed by atoms with Crippen LogP contribution in [0.5, 0.6) is 0 Å². The molecule has 0 amide bonds. The average Bonchev–Trinajstić information content (AvgIpc) is 2.12. The highest BCUT2D eigenvalue weighted by Crippen LogP contribution is 2.25. The van der Waals surface area contributed by atoms with Crippen molar-refractivity contribution in [2.24, 2.45) is 0 Å². The number of esters is 1. The van der Waals surface area contributed by atoms with Gasteiger partial charge in [0.2, 0.25) is 0 Å². The molecule has 13 heavy (non-hydrogen) atoms. The molecule has 0 N–H and O–H groups in total. The fourth-order valence-corrected chi connectivity index (χ4v) is 2.11. The van der Waals surface area contributed by atoms with Gasteiger partial charge in [-0.1, -0.05) is 11.6 Å². The topological polar surface area (TPSA) is 26.3 Å². The van der Waals surface area contributed by atoms with Crippen molar-refractivity contribution in [1.29, 1.82) is 0 Å². The van der Waals surface area contributed by atoms with Crippen LogP contribution in [0.25, 0.3) is 0 Å². The minimum absolute atomic E-state index is 0.365. The van der Waals surface area contributed by atoms with Crippen molar-refractivity contribution in [2.45, 2.75) is 0 Å². The van der Waals surface area contributed by atoms with Gasteiger partial charge >= 0.3 is 5.97 Å². The molecular formula is C8H5ClI2O2. The zero-order valence-corrected chi connectivity index (χ0v) is 11.7. The van der Waals surface area contributed by atoms with Crippen molar-refractivity contribution < 1.29 is 9.53 Å². The van der Waals surface area contributed by atoms with Crippen molar-refractivity contribution in [3.8, 4) is 0 Å². The van der Waals surface area contributed by atoms with Crippen LogP contribution in [0.4, 0.5) is 0 Å². The molecule has 2 nitrogen and oxygen atoms in total. The molecule has 1 rings (SSSR count). The number of halogens is 3. The van der Waals surface area contributed by atoms with Crippen LogP contribution in [-0.2, 0) is 4.74 Å². The van der Waals surface area contributed by atoms with Gasteiger partial charge in [-0.2, -0.15) is 0 Å². The van der Waals surface area contributed by atoms with Crippen LogP contribution in [0.15, 0.2) is 12.1 Å². The Morgan fingerprint density at radius 3 is 2.54 bits per heavy atom. The molecule has 0 unspecified atom stereocenters. The minimum Gasteiger partial charge on any atom is -0.465 e. The quantitative estimate of drug-likeness (QED) is 0.394. The number of benzene rings is 1. The molecule has 0 heterocycles. The Labute approximate surface area is 108 Å². The van der Waals surface area contributed by atoms with Crippen LogP contribution in [-0.4, -0.2) is 13.1 Å². The van der Waals surface area contributed by atoms with E-state index in [1.165, 1.54) is 7.11 Å². The monoisotopic (exact) mass is 422 g/mol. The standard InChI is InChI=1S/C8H5ClI2O2/c1-13-8(12)4-2-5(9)7(11)6(10)3-4/h2-3H,1H3. The summed E-state index contributed by atoms with van der Waals surface area (Å²) in [4.78, 5) is 11.1. The highest BCUT2D eigenvalue weighted by molar-refractivity contribution is 14.1. The van der Waals surface area contributed by atoms with E-state index in [1.54, 1.807) is 12.1 Å². The molecule has 0 saturated heterocycles. The Morgan fingerprint density at radius 1 is 1.46 bits per heavy atom. The van der Waals surface area contributed by atoms with Crippen LogP contribution in [0, 0.1) is 7.14 Å². The normalized spacial score (nSPS) is 9.85.